The molecule has 4 rings (SSSR count). The van der Waals surface area contributed by atoms with Gasteiger partial charge in [-0.15, -0.1) is 0 Å². The van der Waals surface area contributed by atoms with Crippen LogP contribution in [0.4, 0.5) is 5.69 Å². The zero-order chi connectivity index (χ0) is 31.5. The molecule has 1 saturated carbocycles. The smallest absolute Gasteiger partial charge is 0.264 e. The molecule has 236 valence electrons. The minimum atomic E-state index is -4.14. The van der Waals surface area contributed by atoms with Gasteiger partial charge in [0.1, 0.15) is 24.1 Å². The number of anilines is 1. The molecular formula is C34H43N3O6S. The van der Waals surface area contributed by atoms with Gasteiger partial charge in [-0.3, -0.25) is 13.9 Å². The van der Waals surface area contributed by atoms with Gasteiger partial charge in [0.2, 0.25) is 11.8 Å². The molecule has 1 aliphatic rings. The second-order valence-electron chi connectivity index (χ2n) is 10.9. The fraction of sp³-hybridized carbons (Fsp3) is 0.412. The molecule has 10 heteroatoms. The molecule has 2 amide bonds. The van der Waals surface area contributed by atoms with E-state index in [-0.39, 0.29) is 23.4 Å². The summed E-state index contributed by atoms with van der Waals surface area (Å²) in [5.41, 5.74) is 1.11. The lowest BCUT2D eigenvalue weighted by Gasteiger charge is -2.34. The monoisotopic (exact) mass is 621 g/mol. The molecule has 0 spiro atoms. The molecule has 3 aromatic carbocycles. The number of carbonyl (C=O) groups is 2. The molecule has 44 heavy (non-hydrogen) atoms. The number of nitrogens with zero attached hydrogens (tertiary/aromatic N) is 2. The Hall–Kier alpha value is -4.05. The van der Waals surface area contributed by atoms with Gasteiger partial charge >= 0.3 is 0 Å². The van der Waals surface area contributed by atoms with E-state index in [1.807, 2.05) is 26.0 Å². The number of amides is 2. The number of hydrogen-bond donors (Lipinski definition) is 1. The lowest BCUT2D eigenvalue weighted by Crippen LogP contribution is -2.54. The third kappa shape index (κ3) is 8.31. The first-order valence-electron chi connectivity index (χ1n) is 15.3. The summed E-state index contributed by atoms with van der Waals surface area (Å²) >= 11 is 0. The number of hydrogen-bond acceptors (Lipinski definition) is 6. The van der Waals surface area contributed by atoms with Crippen LogP contribution < -0.4 is 19.1 Å². The van der Waals surface area contributed by atoms with Gasteiger partial charge < -0.3 is 19.7 Å². The van der Waals surface area contributed by atoms with Gasteiger partial charge in [0.05, 0.1) is 24.3 Å². The average Bonchev–Trinajstić information content (AvgIpc) is 3.05. The van der Waals surface area contributed by atoms with E-state index in [1.165, 1.54) is 17.0 Å². The van der Waals surface area contributed by atoms with Crippen molar-refractivity contribution in [1.29, 1.82) is 0 Å². The maximum absolute atomic E-state index is 14.3. The Balaban J connectivity index is 1.69. The fourth-order valence-electron chi connectivity index (χ4n) is 5.52. The van der Waals surface area contributed by atoms with Crippen molar-refractivity contribution < 1.29 is 27.5 Å². The summed E-state index contributed by atoms with van der Waals surface area (Å²) in [4.78, 5) is 29.5. The summed E-state index contributed by atoms with van der Waals surface area (Å²) in [6.07, 6.45) is 5.47. The number of rotatable bonds is 14. The van der Waals surface area contributed by atoms with Crippen LogP contribution in [0.15, 0.2) is 83.8 Å². The minimum Gasteiger partial charge on any atom is -0.497 e. The topological polar surface area (TPSA) is 105 Å². The molecule has 3 aromatic rings. The zero-order valence-corrected chi connectivity index (χ0v) is 26.6. The van der Waals surface area contributed by atoms with Gasteiger partial charge in [-0.2, -0.15) is 0 Å². The third-order valence-corrected chi connectivity index (χ3v) is 9.68. The molecule has 1 aliphatic carbocycles. The van der Waals surface area contributed by atoms with Crippen molar-refractivity contribution in [2.24, 2.45) is 0 Å². The predicted molar refractivity (Wildman–Crippen MR) is 171 cm³/mol. The molecule has 0 aromatic heterocycles. The second-order valence-corrected chi connectivity index (χ2v) is 12.8. The highest BCUT2D eigenvalue weighted by Crippen LogP contribution is 2.27. The average molecular weight is 622 g/mol. The first kappa shape index (κ1) is 32.9. The molecule has 0 unspecified atom stereocenters. The van der Waals surface area contributed by atoms with Gasteiger partial charge in [-0.25, -0.2) is 8.42 Å². The van der Waals surface area contributed by atoms with Gasteiger partial charge in [0.15, 0.2) is 0 Å². The van der Waals surface area contributed by atoms with Crippen molar-refractivity contribution in [3.8, 4) is 11.5 Å². The number of methoxy groups -OCH3 is 1. The van der Waals surface area contributed by atoms with E-state index in [0.717, 1.165) is 42.0 Å². The van der Waals surface area contributed by atoms with Crippen LogP contribution in [0.2, 0.25) is 0 Å². The molecule has 0 saturated heterocycles. The van der Waals surface area contributed by atoms with Crippen LogP contribution in [0.25, 0.3) is 0 Å². The molecule has 0 radical (unpaired) electrons. The normalized spacial score (nSPS) is 14.3. The molecule has 9 nitrogen and oxygen atoms in total. The number of sulfonamides is 1. The van der Waals surface area contributed by atoms with E-state index in [4.69, 9.17) is 9.47 Å². The van der Waals surface area contributed by atoms with E-state index in [2.05, 4.69) is 5.32 Å². The number of nitrogens with one attached hydrogen (secondary N) is 1. The summed E-state index contributed by atoms with van der Waals surface area (Å²) < 4.78 is 39.9. The highest BCUT2D eigenvalue weighted by atomic mass is 32.2. The summed E-state index contributed by atoms with van der Waals surface area (Å²) in [5.74, 6) is 0.551. The minimum absolute atomic E-state index is 0.0606. The summed E-state index contributed by atoms with van der Waals surface area (Å²) in [5, 5.41) is 3.17. The van der Waals surface area contributed by atoms with Crippen LogP contribution in [0.1, 0.15) is 57.9 Å². The van der Waals surface area contributed by atoms with Crippen molar-refractivity contribution in [3.05, 3.63) is 84.4 Å². The van der Waals surface area contributed by atoms with Crippen LogP contribution in [0, 0.1) is 0 Å². The Bertz CT molecular complexity index is 1460. The largest absolute Gasteiger partial charge is 0.497 e. The summed E-state index contributed by atoms with van der Waals surface area (Å²) in [7, 11) is -2.56. The highest BCUT2D eigenvalue weighted by molar-refractivity contribution is 7.92. The van der Waals surface area contributed by atoms with Gasteiger partial charge in [0.25, 0.3) is 10.0 Å². The van der Waals surface area contributed by atoms with Gasteiger partial charge in [0, 0.05) is 12.6 Å². The Kier molecular flexibility index (Phi) is 11.7. The highest BCUT2D eigenvalue weighted by Gasteiger charge is 2.34. The molecule has 0 heterocycles. The van der Waals surface area contributed by atoms with Crippen LogP contribution in [0.5, 0.6) is 11.5 Å². The first-order valence-corrected chi connectivity index (χ1v) is 16.7. The van der Waals surface area contributed by atoms with Gasteiger partial charge in [-0.05, 0) is 80.3 Å². The molecular weight excluding hydrogens is 578 g/mol. The Morgan fingerprint density at radius 3 is 2.11 bits per heavy atom. The van der Waals surface area contributed by atoms with Crippen LogP contribution in [-0.2, 0) is 26.2 Å². The molecule has 0 aliphatic heterocycles. The molecule has 0 bridgehead atoms. The zero-order valence-electron chi connectivity index (χ0n) is 25.8. The number of benzene rings is 3. The van der Waals surface area contributed by atoms with E-state index in [0.29, 0.717) is 30.2 Å². The first-order chi connectivity index (χ1) is 21.3. The lowest BCUT2D eigenvalue weighted by atomic mass is 9.95. The van der Waals surface area contributed by atoms with Crippen molar-refractivity contribution in [1.82, 2.24) is 10.2 Å². The lowest BCUT2D eigenvalue weighted by molar-refractivity contribution is -0.140. The van der Waals surface area contributed by atoms with Crippen LogP contribution in [0.3, 0.4) is 0 Å². The fourth-order valence-corrected chi connectivity index (χ4v) is 6.95. The van der Waals surface area contributed by atoms with Crippen molar-refractivity contribution in [2.75, 3.05) is 24.6 Å². The van der Waals surface area contributed by atoms with Crippen LogP contribution >= 0.6 is 0 Å². The third-order valence-electron chi connectivity index (χ3n) is 7.90. The second kappa shape index (κ2) is 15.6. The van der Waals surface area contributed by atoms with Gasteiger partial charge in [-0.1, -0.05) is 56.5 Å². The maximum atomic E-state index is 14.3. The Morgan fingerprint density at radius 2 is 1.52 bits per heavy atom. The van der Waals surface area contributed by atoms with E-state index in [1.54, 1.807) is 61.7 Å². The quantitative estimate of drug-likeness (QED) is 0.253. The molecule has 1 fully saturated rings. The molecule has 1 N–H and O–H groups in total. The SMILES string of the molecule is CCOc1ccc(N(CC(=O)N(Cc2ccc(OC)cc2)[C@H](CC)C(=O)NC2CCCCC2)S(=O)(=O)c2ccccc2)cc1. The van der Waals surface area contributed by atoms with E-state index < -0.39 is 28.5 Å². The van der Waals surface area contributed by atoms with Crippen LogP contribution in [-0.4, -0.2) is 57.5 Å². The summed E-state index contributed by atoms with van der Waals surface area (Å²) in [6.45, 7) is 3.83. The standard InChI is InChI=1S/C34H43N3O6S/c1-4-32(34(39)35-27-12-8-6-9-13-27)36(24-26-16-20-29(42-3)21-17-26)33(38)25-37(28-18-22-30(23-19-28)43-5-2)44(40,41)31-14-10-7-11-15-31/h7,10-11,14-23,27,32H,4-6,8-9,12-13,24-25H2,1-3H3,(H,35,39)/t32-/m1/s1. The summed E-state index contributed by atoms with van der Waals surface area (Å²) in [6, 6.07) is 21.2. The van der Waals surface area contributed by atoms with Crippen molar-refractivity contribution >= 4 is 27.5 Å². The van der Waals surface area contributed by atoms with E-state index in [9.17, 15) is 18.0 Å². The van der Waals surface area contributed by atoms with Crippen molar-refractivity contribution in [3.63, 3.8) is 0 Å². The van der Waals surface area contributed by atoms with Crippen molar-refractivity contribution in [2.45, 2.75) is 75.9 Å². The maximum Gasteiger partial charge on any atom is 0.264 e. The van der Waals surface area contributed by atoms with E-state index >= 15 is 0 Å². The number of carbonyl (C=O) groups excluding carboxylic acids is 2. The Labute approximate surface area is 261 Å². The number of ether oxygens (including phenoxy) is 2. The Morgan fingerprint density at radius 1 is 0.886 bits per heavy atom. The molecule has 1 atom stereocenters. The predicted octanol–water partition coefficient (Wildman–Crippen LogP) is 5.55.